The maximum Gasteiger partial charge on any atom is 0.119 e. The van der Waals surface area contributed by atoms with E-state index in [0.717, 1.165) is 54.0 Å². The zero-order valence-electron chi connectivity index (χ0n) is 20.5. The molecule has 3 heteroatoms. The number of aromatic nitrogens is 2. The second-order valence-corrected chi connectivity index (χ2v) is 9.67. The van der Waals surface area contributed by atoms with Gasteiger partial charge in [-0.25, -0.2) is 0 Å². The van der Waals surface area contributed by atoms with Crippen molar-refractivity contribution in [2.75, 3.05) is 6.61 Å². The molecule has 1 heterocycles. The molecule has 0 aliphatic heterocycles. The summed E-state index contributed by atoms with van der Waals surface area (Å²) in [4.78, 5) is 9.27. The van der Waals surface area contributed by atoms with Crippen molar-refractivity contribution in [2.45, 2.75) is 104 Å². The third-order valence-electron chi connectivity index (χ3n) is 7.11. The maximum atomic E-state index is 6.04. The summed E-state index contributed by atoms with van der Waals surface area (Å²) in [6, 6.07) is 8.34. The second kappa shape index (κ2) is 14.3. The lowest BCUT2D eigenvalue weighted by Gasteiger charge is -2.31. The van der Waals surface area contributed by atoms with Gasteiger partial charge in [0.1, 0.15) is 5.75 Å². The summed E-state index contributed by atoms with van der Waals surface area (Å²) in [5.41, 5.74) is 3.14. The number of hydrogen-bond donors (Lipinski definition) is 0. The first kappa shape index (κ1) is 24.7. The highest BCUT2D eigenvalue weighted by Gasteiger charge is 2.23. The number of benzene rings is 1. The van der Waals surface area contributed by atoms with Gasteiger partial charge in [0.2, 0.25) is 0 Å². The molecular weight excluding hydrogens is 392 g/mol. The molecule has 3 rings (SSSR count). The van der Waals surface area contributed by atoms with Crippen LogP contribution in [0.25, 0.3) is 11.3 Å². The van der Waals surface area contributed by atoms with Crippen LogP contribution in [0.1, 0.15) is 103 Å². The highest BCUT2D eigenvalue weighted by molar-refractivity contribution is 5.58. The first-order valence-corrected chi connectivity index (χ1v) is 13.3. The van der Waals surface area contributed by atoms with Gasteiger partial charge in [-0.2, -0.15) is 0 Å². The Bertz CT molecular complexity index is 739. The van der Waals surface area contributed by atoms with E-state index in [-0.39, 0.29) is 0 Å². The summed E-state index contributed by atoms with van der Waals surface area (Å²) in [6.45, 7) is 5.40. The topological polar surface area (TPSA) is 35.0 Å². The molecule has 0 amide bonds. The van der Waals surface area contributed by atoms with E-state index in [2.05, 4.69) is 48.1 Å². The van der Waals surface area contributed by atoms with Crippen LogP contribution in [0, 0.1) is 11.8 Å². The predicted molar refractivity (Wildman–Crippen MR) is 135 cm³/mol. The molecule has 3 nitrogen and oxygen atoms in total. The number of ether oxygens (including phenoxy) is 1. The van der Waals surface area contributed by atoms with E-state index < -0.39 is 0 Å². The Labute approximate surface area is 196 Å². The zero-order valence-corrected chi connectivity index (χ0v) is 20.5. The minimum Gasteiger partial charge on any atom is -0.494 e. The molecule has 2 atom stereocenters. The van der Waals surface area contributed by atoms with Crippen molar-refractivity contribution in [3.63, 3.8) is 0 Å². The van der Waals surface area contributed by atoms with E-state index in [4.69, 9.17) is 4.74 Å². The fraction of sp³-hybridized carbons (Fsp3) is 0.655. The third kappa shape index (κ3) is 8.22. The van der Waals surface area contributed by atoms with Gasteiger partial charge in [-0.05, 0) is 61.8 Å². The van der Waals surface area contributed by atoms with E-state index in [0.29, 0.717) is 0 Å². The van der Waals surface area contributed by atoms with Gasteiger partial charge in [0.05, 0.1) is 24.2 Å². The van der Waals surface area contributed by atoms with Crippen molar-refractivity contribution in [3.05, 3.63) is 42.4 Å². The Morgan fingerprint density at radius 2 is 1.53 bits per heavy atom. The first-order chi connectivity index (χ1) is 15.8. The average Bonchev–Trinajstić information content (AvgIpc) is 2.84. The Morgan fingerprint density at radius 1 is 0.781 bits per heavy atom. The predicted octanol–water partition coefficient (Wildman–Crippen LogP) is 8.42. The zero-order chi connectivity index (χ0) is 22.4. The van der Waals surface area contributed by atoms with E-state index in [1.54, 1.807) is 0 Å². The minimum atomic E-state index is 0.821. The average molecular weight is 437 g/mol. The Kier molecular flexibility index (Phi) is 11.0. The Hall–Kier alpha value is -1.90. The summed E-state index contributed by atoms with van der Waals surface area (Å²) in [6.07, 6.45) is 22.3. The smallest absolute Gasteiger partial charge is 0.119 e. The molecule has 1 saturated carbocycles. The normalized spacial score (nSPS) is 18.6. The van der Waals surface area contributed by atoms with E-state index >= 15 is 0 Å². The van der Waals surface area contributed by atoms with Crippen molar-refractivity contribution in [2.24, 2.45) is 11.8 Å². The van der Waals surface area contributed by atoms with Crippen molar-refractivity contribution >= 4 is 0 Å². The standard InChI is InChI=1S/C29H44N2O/c1-3-5-6-7-8-16-27-22-31-29(23-30-27)26-17-19-28(20-18-26)32-21-11-15-25-14-10-9-13-24(25)12-4-2/h17-20,22-25H,3-16,21H2,1-2H3. The van der Waals surface area contributed by atoms with Crippen LogP contribution in [0.15, 0.2) is 36.7 Å². The van der Waals surface area contributed by atoms with Crippen LogP contribution in [-0.2, 0) is 6.42 Å². The molecule has 2 unspecified atom stereocenters. The van der Waals surface area contributed by atoms with Gasteiger partial charge in [-0.15, -0.1) is 0 Å². The van der Waals surface area contributed by atoms with E-state index in [9.17, 15) is 0 Å². The third-order valence-corrected chi connectivity index (χ3v) is 7.11. The van der Waals surface area contributed by atoms with Crippen molar-refractivity contribution in [3.8, 4) is 17.0 Å². The van der Waals surface area contributed by atoms with Crippen molar-refractivity contribution < 1.29 is 4.74 Å². The SMILES string of the molecule is CCCCCCCc1cnc(-c2ccc(OCCCC3CCCCC3CCC)cc2)cn1. The number of aryl methyl sites for hydroxylation is 1. The Morgan fingerprint density at radius 3 is 2.22 bits per heavy atom. The number of unbranched alkanes of at least 4 members (excludes halogenated alkanes) is 4. The lowest BCUT2D eigenvalue weighted by Crippen LogP contribution is -2.20. The molecule has 0 saturated heterocycles. The summed E-state index contributed by atoms with van der Waals surface area (Å²) < 4.78 is 6.04. The molecule has 1 fully saturated rings. The molecule has 1 aromatic heterocycles. The van der Waals surface area contributed by atoms with Crippen molar-refractivity contribution in [1.82, 2.24) is 9.97 Å². The highest BCUT2D eigenvalue weighted by atomic mass is 16.5. The number of hydrogen-bond acceptors (Lipinski definition) is 3. The van der Waals surface area contributed by atoms with Crippen molar-refractivity contribution in [1.29, 1.82) is 0 Å². The summed E-state index contributed by atoms with van der Waals surface area (Å²) in [5, 5.41) is 0. The summed E-state index contributed by atoms with van der Waals surface area (Å²) in [7, 11) is 0. The lowest BCUT2D eigenvalue weighted by molar-refractivity contribution is 0.193. The summed E-state index contributed by atoms with van der Waals surface area (Å²) >= 11 is 0. The Balaban J connectivity index is 1.39. The lowest BCUT2D eigenvalue weighted by atomic mass is 9.75. The molecule has 32 heavy (non-hydrogen) atoms. The fourth-order valence-electron chi connectivity index (χ4n) is 5.22. The van der Waals surface area contributed by atoms with Crippen LogP contribution >= 0.6 is 0 Å². The van der Waals surface area contributed by atoms with E-state index in [1.807, 2.05) is 12.4 Å². The molecule has 1 aliphatic rings. The molecule has 0 radical (unpaired) electrons. The molecular formula is C29H44N2O. The van der Waals surface area contributed by atoms with Gasteiger partial charge < -0.3 is 4.74 Å². The van der Waals surface area contributed by atoms with Gasteiger partial charge in [0.15, 0.2) is 0 Å². The van der Waals surface area contributed by atoms with Gasteiger partial charge in [0, 0.05) is 11.8 Å². The second-order valence-electron chi connectivity index (χ2n) is 9.67. The molecule has 2 aromatic rings. The molecule has 1 aliphatic carbocycles. The fourth-order valence-corrected chi connectivity index (χ4v) is 5.22. The number of nitrogens with zero attached hydrogens (tertiary/aromatic N) is 2. The quantitative estimate of drug-likeness (QED) is 0.279. The molecule has 0 N–H and O–H groups in total. The van der Waals surface area contributed by atoms with Gasteiger partial charge in [-0.1, -0.05) is 78.1 Å². The highest BCUT2D eigenvalue weighted by Crippen LogP contribution is 2.36. The summed E-state index contributed by atoms with van der Waals surface area (Å²) in [5.74, 6) is 2.84. The van der Waals surface area contributed by atoms with Crippen LogP contribution < -0.4 is 4.74 Å². The first-order valence-electron chi connectivity index (χ1n) is 13.3. The molecule has 0 bridgehead atoms. The molecule has 1 aromatic carbocycles. The molecule has 176 valence electrons. The monoisotopic (exact) mass is 436 g/mol. The minimum absolute atomic E-state index is 0.821. The van der Waals surface area contributed by atoms with Crippen LogP contribution in [0.4, 0.5) is 0 Å². The largest absolute Gasteiger partial charge is 0.494 e. The molecule has 0 spiro atoms. The number of rotatable bonds is 14. The van der Waals surface area contributed by atoms with Gasteiger partial charge in [0.25, 0.3) is 0 Å². The van der Waals surface area contributed by atoms with Gasteiger partial charge in [-0.3, -0.25) is 9.97 Å². The van der Waals surface area contributed by atoms with Crippen LogP contribution in [-0.4, -0.2) is 16.6 Å². The van der Waals surface area contributed by atoms with E-state index in [1.165, 1.54) is 77.0 Å². The van der Waals surface area contributed by atoms with Crippen LogP contribution in [0.2, 0.25) is 0 Å². The maximum absolute atomic E-state index is 6.04. The van der Waals surface area contributed by atoms with Gasteiger partial charge >= 0.3 is 0 Å². The van der Waals surface area contributed by atoms with Crippen LogP contribution in [0.5, 0.6) is 5.75 Å². The van der Waals surface area contributed by atoms with Crippen LogP contribution in [0.3, 0.4) is 0 Å².